The van der Waals surface area contributed by atoms with Crippen LogP contribution in [0.2, 0.25) is 0 Å². The van der Waals surface area contributed by atoms with Crippen LogP contribution in [0, 0.1) is 12.7 Å². The number of aromatic nitrogens is 2. The molecule has 2 heterocycles. The van der Waals surface area contributed by atoms with Gasteiger partial charge in [-0.1, -0.05) is 12.1 Å². The molecular formula is C14H11FN2OS. The van der Waals surface area contributed by atoms with Gasteiger partial charge >= 0.3 is 0 Å². The molecule has 1 aromatic carbocycles. The number of hydrogen-bond acceptors (Lipinski definition) is 3. The summed E-state index contributed by atoms with van der Waals surface area (Å²) < 4.78 is 15.3. The molecule has 3 aromatic rings. The summed E-state index contributed by atoms with van der Waals surface area (Å²) in [6.45, 7) is 2.26. The lowest BCUT2D eigenvalue weighted by molar-refractivity contribution is 0.622. The molecule has 0 aliphatic carbocycles. The van der Waals surface area contributed by atoms with Crippen molar-refractivity contribution in [1.29, 1.82) is 0 Å². The number of halogens is 1. The van der Waals surface area contributed by atoms with E-state index in [0.29, 0.717) is 11.2 Å². The summed E-state index contributed by atoms with van der Waals surface area (Å²) in [5, 5.41) is 1.92. The Morgan fingerprint density at radius 2 is 2.26 bits per heavy atom. The van der Waals surface area contributed by atoms with Gasteiger partial charge in [0.25, 0.3) is 5.56 Å². The molecule has 2 aromatic heterocycles. The lowest BCUT2D eigenvalue weighted by Gasteiger charge is -2.05. The van der Waals surface area contributed by atoms with Gasteiger partial charge in [0.05, 0.1) is 18.4 Å². The number of fused-ring (bicyclic) bond motifs is 1. The normalized spacial score (nSPS) is 11.1. The van der Waals surface area contributed by atoms with Gasteiger partial charge in [0.15, 0.2) is 0 Å². The molecule has 3 nitrogen and oxygen atoms in total. The van der Waals surface area contributed by atoms with Gasteiger partial charge in [0.2, 0.25) is 0 Å². The molecule has 0 saturated heterocycles. The first-order valence-electron chi connectivity index (χ1n) is 5.83. The van der Waals surface area contributed by atoms with Crippen LogP contribution in [-0.4, -0.2) is 9.55 Å². The Hall–Kier alpha value is -2.01. The highest BCUT2D eigenvalue weighted by molar-refractivity contribution is 7.17. The van der Waals surface area contributed by atoms with Crippen LogP contribution in [0.15, 0.2) is 40.8 Å². The van der Waals surface area contributed by atoms with E-state index in [9.17, 15) is 9.18 Å². The number of hydrogen-bond donors (Lipinski definition) is 0. The van der Waals surface area contributed by atoms with Crippen molar-refractivity contribution in [3.8, 4) is 0 Å². The van der Waals surface area contributed by atoms with Crippen molar-refractivity contribution in [3.63, 3.8) is 0 Å². The van der Waals surface area contributed by atoms with Crippen molar-refractivity contribution in [1.82, 2.24) is 9.55 Å². The second-order valence-corrected chi connectivity index (χ2v) is 5.28. The molecule has 0 fully saturated rings. The molecule has 0 bridgehead atoms. The van der Waals surface area contributed by atoms with Gasteiger partial charge in [0, 0.05) is 0 Å². The van der Waals surface area contributed by atoms with E-state index in [1.54, 1.807) is 12.1 Å². The Kier molecular flexibility index (Phi) is 2.91. The molecule has 0 aliphatic rings. The van der Waals surface area contributed by atoms with Gasteiger partial charge in [0.1, 0.15) is 10.5 Å². The van der Waals surface area contributed by atoms with E-state index in [0.717, 1.165) is 16.6 Å². The van der Waals surface area contributed by atoms with E-state index in [1.807, 2.05) is 12.3 Å². The lowest BCUT2D eigenvalue weighted by Crippen LogP contribution is -2.20. The van der Waals surface area contributed by atoms with E-state index in [4.69, 9.17) is 0 Å². The Morgan fingerprint density at radius 3 is 3.05 bits per heavy atom. The second-order valence-electron chi connectivity index (χ2n) is 4.40. The molecule has 96 valence electrons. The highest BCUT2D eigenvalue weighted by Gasteiger charge is 2.08. The fourth-order valence-corrected chi connectivity index (χ4v) is 2.95. The maximum atomic E-state index is 13.1. The van der Waals surface area contributed by atoms with E-state index >= 15 is 0 Å². The zero-order valence-corrected chi connectivity index (χ0v) is 11.1. The molecular weight excluding hydrogens is 263 g/mol. The van der Waals surface area contributed by atoms with E-state index < -0.39 is 0 Å². The molecule has 0 amide bonds. The van der Waals surface area contributed by atoms with E-state index in [2.05, 4.69) is 4.98 Å². The molecule has 0 unspecified atom stereocenters. The fraction of sp³-hybridized carbons (Fsp3) is 0.143. The van der Waals surface area contributed by atoms with Crippen molar-refractivity contribution in [2.45, 2.75) is 13.5 Å². The zero-order chi connectivity index (χ0) is 13.4. The van der Waals surface area contributed by atoms with Crippen LogP contribution in [0.1, 0.15) is 11.1 Å². The van der Waals surface area contributed by atoms with Crippen LogP contribution in [0.3, 0.4) is 0 Å². The Morgan fingerprint density at radius 1 is 1.42 bits per heavy atom. The van der Waals surface area contributed by atoms with Crippen LogP contribution in [0.5, 0.6) is 0 Å². The Bertz CT molecular complexity index is 807. The summed E-state index contributed by atoms with van der Waals surface area (Å²) in [5.74, 6) is -0.299. The minimum Gasteiger partial charge on any atom is -0.294 e. The summed E-state index contributed by atoms with van der Waals surface area (Å²) in [5.41, 5.74) is 2.43. The molecule has 0 aliphatic heterocycles. The van der Waals surface area contributed by atoms with Gasteiger partial charge < -0.3 is 0 Å². The maximum absolute atomic E-state index is 13.1. The first kappa shape index (κ1) is 12.0. The predicted octanol–water partition coefficient (Wildman–Crippen LogP) is 2.95. The van der Waals surface area contributed by atoms with Gasteiger partial charge in [-0.15, -0.1) is 11.3 Å². The Labute approximate surface area is 113 Å². The second kappa shape index (κ2) is 4.59. The average molecular weight is 274 g/mol. The van der Waals surface area contributed by atoms with Crippen LogP contribution in [-0.2, 0) is 6.54 Å². The van der Waals surface area contributed by atoms with Crippen molar-refractivity contribution >= 4 is 21.6 Å². The van der Waals surface area contributed by atoms with Gasteiger partial charge in [-0.05, 0) is 35.6 Å². The van der Waals surface area contributed by atoms with Crippen molar-refractivity contribution in [2.75, 3.05) is 0 Å². The summed E-state index contributed by atoms with van der Waals surface area (Å²) in [6, 6.07) is 6.24. The largest absolute Gasteiger partial charge is 0.294 e. The van der Waals surface area contributed by atoms with Gasteiger partial charge in [-0.25, -0.2) is 9.37 Å². The van der Waals surface area contributed by atoms with Crippen molar-refractivity contribution < 1.29 is 4.39 Å². The average Bonchev–Trinajstić information content (AvgIpc) is 2.76. The molecule has 0 N–H and O–H groups in total. The lowest BCUT2D eigenvalue weighted by atomic mass is 10.2. The molecule has 3 rings (SSSR count). The standard InChI is InChI=1S/C14H11FN2OS/c1-9-7-19-13-12(9)16-8-17(14(13)18)6-10-3-2-4-11(15)5-10/h2-5,7-8H,6H2,1H3. The summed E-state index contributed by atoms with van der Waals surface area (Å²) in [6.07, 6.45) is 1.52. The molecule has 0 saturated carbocycles. The third-order valence-electron chi connectivity index (χ3n) is 2.97. The van der Waals surface area contributed by atoms with Crippen molar-refractivity contribution in [3.05, 3.63) is 63.3 Å². The molecule has 0 radical (unpaired) electrons. The maximum Gasteiger partial charge on any atom is 0.271 e. The first-order valence-corrected chi connectivity index (χ1v) is 6.71. The van der Waals surface area contributed by atoms with Gasteiger partial charge in [-0.3, -0.25) is 9.36 Å². The first-order chi connectivity index (χ1) is 9.15. The summed E-state index contributed by atoms with van der Waals surface area (Å²) in [4.78, 5) is 16.6. The quantitative estimate of drug-likeness (QED) is 0.720. The summed E-state index contributed by atoms with van der Waals surface area (Å²) >= 11 is 1.40. The van der Waals surface area contributed by atoms with E-state index in [-0.39, 0.29) is 11.4 Å². The smallest absolute Gasteiger partial charge is 0.271 e. The van der Waals surface area contributed by atoms with Crippen LogP contribution in [0.4, 0.5) is 4.39 Å². The zero-order valence-electron chi connectivity index (χ0n) is 10.3. The SMILES string of the molecule is Cc1csc2c(=O)n(Cc3cccc(F)c3)cnc12. The number of rotatable bonds is 2. The highest BCUT2D eigenvalue weighted by Crippen LogP contribution is 2.19. The monoisotopic (exact) mass is 274 g/mol. The van der Waals surface area contributed by atoms with Crippen LogP contribution < -0.4 is 5.56 Å². The van der Waals surface area contributed by atoms with Crippen LogP contribution >= 0.6 is 11.3 Å². The molecule has 0 spiro atoms. The molecule has 5 heteroatoms. The van der Waals surface area contributed by atoms with Crippen LogP contribution in [0.25, 0.3) is 10.2 Å². The number of aryl methyl sites for hydroxylation is 1. The van der Waals surface area contributed by atoms with Crippen molar-refractivity contribution in [2.24, 2.45) is 0 Å². The minimum atomic E-state index is -0.299. The number of thiophene rings is 1. The molecule has 19 heavy (non-hydrogen) atoms. The predicted molar refractivity (Wildman–Crippen MR) is 74.1 cm³/mol. The topological polar surface area (TPSA) is 34.9 Å². The highest BCUT2D eigenvalue weighted by atomic mass is 32.1. The van der Waals surface area contributed by atoms with E-state index in [1.165, 1.54) is 34.4 Å². The third kappa shape index (κ3) is 2.17. The minimum absolute atomic E-state index is 0.0765. The molecule has 0 atom stereocenters. The van der Waals surface area contributed by atoms with Gasteiger partial charge in [-0.2, -0.15) is 0 Å². The third-order valence-corrected chi connectivity index (χ3v) is 4.04. The Balaban J connectivity index is 2.06. The number of benzene rings is 1. The fourth-order valence-electron chi connectivity index (χ4n) is 2.01. The summed E-state index contributed by atoms with van der Waals surface area (Å²) in [7, 11) is 0. The number of nitrogens with zero attached hydrogens (tertiary/aromatic N) is 2.